The molecule has 0 aliphatic carbocycles. The van der Waals surface area contributed by atoms with Gasteiger partial charge in [0.1, 0.15) is 34.5 Å². The molecule has 0 saturated heterocycles. The van der Waals surface area contributed by atoms with E-state index < -0.39 is 34.9 Å². The number of rotatable bonds is 19. The Morgan fingerprint density at radius 2 is 0.803 bits per heavy atom. The summed E-state index contributed by atoms with van der Waals surface area (Å²) >= 11 is 34.2. The van der Waals surface area contributed by atoms with Gasteiger partial charge >= 0.3 is 249 Å². The van der Waals surface area contributed by atoms with E-state index in [1.807, 2.05) is 36.4 Å². The summed E-state index contributed by atoms with van der Waals surface area (Å²) in [6.45, 7) is 0. The van der Waals surface area contributed by atoms with Crippen LogP contribution in [0.25, 0.3) is 22.6 Å². The molecule has 39 heteroatoms. The third-order valence-electron chi connectivity index (χ3n) is 7.87. The van der Waals surface area contributed by atoms with Crippen molar-refractivity contribution >= 4 is 328 Å². The summed E-state index contributed by atoms with van der Waals surface area (Å²) in [5, 5.41) is 7.40. The molecule has 76 heavy (non-hydrogen) atoms. The number of sulfonamides is 1. The van der Waals surface area contributed by atoms with E-state index in [9.17, 15) is 16.8 Å². The van der Waals surface area contributed by atoms with Gasteiger partial charge in [-0.15, -0.1) is 0 Å². The van der Waals surface area contributed by atoms with E-state index >= 15 is 0 Å². The number of nitrogen functional groups attached to an aromatic ring is 1. The summed E-state index contributed by atoms with van der Waals surface area (Å²) in [6.07, 6.45) is 0. The van der Waals surface area contributed by atoms with Gasteiger partial charge < -0.3 is 43.2 Å². The van der Waals surface area contributed by atoms with Crippen molar-refractivity contribution < 1.29 is 54.3 Å². The Hall–Kier alpha value is 8.49. The van der Waals surface area contributed by atoms with Gasteiger partial charge in [-0.1, -0.05) is 54.1 Å². The molecule has 0 amide bonds. The summed E-state index contributed by atoms with van der Waals surface area (Å²) in [6, 6.07) is 27.1. The number of aromatic nitrogens is 2. The number of para-hydroxylation sites is 2. The Morgan fingerprint density at radius 1 is 0.487 bits per heavy atom. The van der Waals surface area contributed by atoms with Gasteiger partial charge in [0.15, 0.2) is 32.9 Å². The molecule has 0 bridgehead atoms. The molecule has 0 aliphatic heterocycles. The molecule has 0 atom stereocenters. The van der Waals surface area contributed by atoms with Gasteiger partial charge in [0.25, 0.3) is 19.1 Å². The number of hydrogen-bond acceptors (Lipinski definition) is 15. The normalized spacial score (nSPS) is 12.1. The van der Waals surface area contributed by atoms with Gasteiger partial charge in [-0.25, -0.2) is 16.8 Å². The number of methoxy groups -OCH3 is 6. The second-order valence-electron chi connectivity index (χ2n) is 11.9. The molecule has 0 fully saturated rings. The molecule has 440 valence electrons. The summed E-state index contributed by atoms with van der Waals surface area (Å²) in [5.74, 6) is 3.30. The first-order valence-electron chi connectivity index (χ1n) is 18.2. The van der Waals surface area contributed by atoms with Crippen LogP contribution in [-0.4, -0.2) is 69.8 Å². The molecular formula is C37H41ClI20N4O12S2. The third-order valence-corrected chi connectivity index (χ3v) is 1170. The molecule has 6 rings (SSSR count). The average Bonchev–Trinajstić information content (AvgIpc) is 4.07. The second kappa shape index (κ2) is 44.1. The third kappa shape index (κ3) is 27.4. The van der Waals surface area contributed by atoms with Crippen molar-refractivity contribution in [2.75, 3.05) is 53.1 Å². The second-order valence-corrected chi connectivity index (χ2v) is 406. The minimum atomic E-state index is -4.04. The van der Waals surface area contributed by atoms with Crippen LogP contribution in [0.5, 0.6) is 34.5 Å². The maximum atomic E-state index is 12.9. The summed E-state index contributed by atoms with van der Waals surface area (Å²) < 4.78 is 91.3. The predicted molar refractivity (Wildman–Crippen MR) is 491 cm³/mol. The zero-order chi connectivity index (χ0) is 56.8. The summed E-state index contributed by atoms with van der Waals surface area (Å²) in [7, 11) is 2.83. The summed E-state index contributed by atoms with van der Waals surface area (Å²) in [4.78, 5) is -0.275. The quantitative estimate of drug-likeness (QED) is 0.0570. The van der Waals surface area contributed by atoms with Crippen LogP contribution in [0.4, 0.5) is 11.6 Å². The van der Waals surface area contributed by atoms with Gasteiger partial charge in [-0.3, -0.25) is 4.72 Å². The van der Waals surface area contributed by atoms with Crippen LogP contribution >= 0.6 is 297 Å². The van der Waals surface area contributed by atoms with E-state index in [0.717, 1.165) is 11.3 Å². The maximum absolute atomic E-state index is 12.9. The van der Waals surface area contributed by atoms with Gasteiger partial charge in [-0.05, 0) is 48.5 Å². The molecule has 0 unspecified atom stereocenters. The number of hydrogen-bond donors (Lipinski definition) is 2. The number of nitrogens with two attached hydrogens (primary N) is 1. The van der Waals surface area contributed by atoms with Gasteiger partial charge in [0.05, 0.1) is 53.8 Å². The Kier molecular flexibility index (Phi) is 47.9. The molecule has 0 radical (unpaired) electrons. The number of nitrogens with zero attached hydrogens (tertiary/aromatic N) is 2. The van der Waals surface area contributed by atoms with Crippen LogP contribution in [0.2, 0.25) is 0 Å². The van der Waals surface area contributed by atoms with Crippen LogP contribution < -0.4 is 38.9 Å². The van der Waals surface area contributed by atoms with Gasteiger partial charge in [-0.2, -0.15) is 0 Å². The van der Waals surface area contributed by atoms with Crippen LogP contribution in [0.15, 0.2) is 116 Å². The van der Waals surface area contributed by atoms with Crippen molar-refractivity contribution in [1.29, 1.82) is 0 Å². The molecule has 0 saturated carbocycles. The van der Waals surface area contributed by atoms with E-state index in [1.54, 1.807) is 37.4 Å². The Bertz CT molecular complexity index is 2840. The van der Waals surface area contributed by atoms with Crippen LogP contribution in [0.3, 0.4) is 0 Å². The fraction of sp³-hybridized carbons (Fsp3) is 0.189. The molecule has 16 nitrogen and oxygen atoms in total. The number of halogens is 21. The molecule has 3 N–H and O–H groups in total. The molecule has 0 aliphatic rings. The predicted octanol–water partition coefficient (Wildman–Crippen LogP) is 25.1. The molecule has 2 heterocycles. The Labute approximate surface area is 599 Å². The first-order chi connectivity index (χ1) is 35.4. The number of ether oxygens (including phenoxy) is 6. The van der Waals surface area contributed by atoms with Crippen molar-refractivity contribution in [2.45, 2.75) is 17.2 Å². The Balaban J connectivity index is 0.000000519. The minimum absolute atomic E-state index is 0. The van der Waals surface area contributed by atoms with Crippen molar-refractivity contribution in [1.82, 2.24) is 10.3 Å². The van der Waals surface area contributed by atoms with Gasteiger partial charge in [0.2, 0.25) is 0 Å². The monoisotopic (exact) mass is 3370 g/mol. The van der Waals surface area contributed by atoms with E-state index in [4.69, 9.17) is 53.9 Å². The first kappa shape index (κ1) is 82.5. The Morgan fingerprint density at radius 3 is 1.13 bits per heavy atom. The van der Waals surface area contributed by atoms with Gasteiger partial charge in [0, 0.05) is 60.0 Å². The van der Waals surface area contributed by atoms with Crippen LogP contribution in [0.1, 0.15) is 7.43 Å². The zero-order valence-electron chi connectivity index (χ0n) is 37.9. The average molecular weight is 3370 g/mol. The van der Waals surface area contributed by atoms with E-state index in [1.165, 1.54) is 65.9 Å². The molecule has 0 spiro atoms. The topological polar surface area (TPSA) is 214 Å². The van der Waals surface area contributed by atoms with E-state index in [0.29, 0.717) is 28.7 Å². The first-order valence-corrected chi connectivity index (χ1v) is 135. The van der Waals surface area contributed by atoms with E-state index in [2.05, 4.69) is 238 Å². The fourth-order valence-electron chi connectivity index (χ4n) is 5.08. The van der Waals surface area contributed by atoms with Crippen molar-refractivity contribution in [3.05, 3.63) is 97.1 Å². The molecule has 6 aromatic rings. The molecule has 4 aromatic carbocycles. The summed E-state index contributed by atoms with van der Waals surface area (Å²) in [5.41, 5.74) is 6.95. The van der Waals surface area contributed by atoms with Crippen molar-refractivity contribution in [3.8, 4) is 57.1 Å². The van der Waals surface area contributed by atoms with Crippen LogP contribution in [-0.2, 0) is 19.1 Å². The fourth-order valence-corrected chi connectivity index (χ4v) is 2520. The van der Waals surface area contributed by atoms with Crippen molar-refractivity contribution in [2.24, 2.45) is 0 Å². The van der Waals surface area contributed by atoms with Crippen molar-refractivity contribution in [3.63, 3.8) is 0 Å². The SMILES string of the molecule is C.COc1cccc(OC)c1S(=O)(=O)Cl.COc1ccccc1-c1cc(N)no1.COc1ccccc1-c1cc(NS(=O)(=O)c2c(OC)cccc2OC)no1.II.II(I)I(I)I(I)I(I)I(I)I(I)I(I)I(I)I. The number of benzene rings is 4. The molecule has 2 aromatic heterocycles. The van der Waals surface area contributed by atoms with E-state index in [-0.39, 0.29) is 93.4 Å². The number of anilines is 2. The molecular weight excluding hydrogens is 3330 g/mol. The number of nitrogens with one attached hydrogen (secondary N) is 1. The van der Waals surface area contributed by atoms with Crippen LogP contribution in [0, 0.1) is 0 Å². The zero-order valence-corrected chi connectivity index (χ0v) is 83.4. The standard InChI is InChI=1S/C18H18N2O6S.C10H10N2O2.C8H9ClO4S.CH4.I18.I2/c1-23-13-8-5-4-7-12(13)16-11-17(19-26-16)20-27(21,22)18-14(24-2)9-6-10-15(18)25-3;1-13-8-5-3-2-4-7(8)9-6-10(11)12-14-9;1-12-6-4-3-5-7(13-2)8(6)14(9,10)11;;1-11(2)13(5)15(7)17(9)18(10)16(8)14(6)12(3)4;1-2/h4-11H,1-3H3,(H,19,20);2-6H,1H3,(H2,11,12);3-5H,1-2H3;1H4;;.